The van der Waals surface area contributed by atoms with Gasteiger partial charge in [-0.3, -0.25) is 0 Å². The van der Waals surface area contributed by atoms with Crippen molar-refractivity contribution in [3.8, 4) is 5.88 Å². The molecule has 0 aromatic carbocycles. The number of methoxy groups -OCH3 is 1. The molecule has 0 bridgehead atoms. The molecule has 3 nitrogen and oxygen atoms in total. The van der Waals surface area contributed by atoms with Crippen molar-refractivity contribution in [3.63, 3.8) is 0 Å². The Hall–Kier alpha value is -0.960. The second-order valence-corrected chi connectivity index (χ2v) is 2.24. The van der Waals surface area contributed by atoms with E-state index in [2.05, 4.69) is 11.7 Å². The first-order valence-corrected chi connectivity index (χ1v) is 3.56. The molecule has 0 spiro atoms. The molecule has 1 heterocycles. The van der Waals surface area contributed by atoms with Crippen LogP contribution in [0.3, 0.4) is 0 Å². The second kappa shape index (κ2) is 3.44. The molecule has 0 aliphatic rings. The van der Waals surface area contributed by atoms with Crippen LogP contribution in [0, 0.1) is 0 Å². The van der Waals surface area contributed by atoms with Gasteiger partial charge >= 0.3 is 0 Å². The van der Waals surface area contributed by atoms with E-state index in [4.69, 9.17) is 20.9 Å². The quantitative estimate of drug-likeness (QED) is 0.656. The van der Waals surface area contributed by atoms with Crippen LogP contribution in [0.5, 0.6) is 5.88 Å². The summed E-state index contributed by atoms with van der Waals surface area (Å²) in [5.74, 6) is 1.33. The highest BCUT2D eigenvalue weighted by atomic mass is 35.5. The average molecular weight is 174 g/mol. The van der Waals surface area contributed by atoms with Crippen molar-refractivity contribution in [2.24, 2.45) is 0 Å². The first-order chi connectivity index (χ1) is 5.27. The fraction of sp³-hybridized carbons (Fsp3) is 0.286. The molecule has 0 atom stereocenters. The monoisotopic (exact) mass is 173 g/mol. The van der Waals surface area contributed by atoms with Crippen LogP contribution in [0.4, 0.5) is 0 Å². The lowest BCUT2D eigenvalue weighted by Gasteiger charge is -1.89. The van der Waals surface area contributed by atoms with E-state index in [1.807, 2.05) is 0 Å². The Balaban J connectivity index is 2.80. The molecule has 0 amide bonds. The van der Waals surface area contributed by atoms with Gasteiger partial charge in [-0.1, -0.05) is 6.58 Å². The number of allylic oxidation sites excluding steroid dienone is 1. The minimum absolute atomic E-state index is 0.332. The van der Waals surface area contributed by atoms with E-state index in [9.17, 15) is 0 Å². The summed E-state index contributed by atoms with van der Waals surface area (Å²) >= 11 is 5.51. The number of hydrogen-bond acceptors (Lipinski definition) is 3. The Kier molecular flexibility index (Phi) is 2.54. The van der Waals surface area contributed by atoms with Gasteiger partial charge in [0.15, 0.2) is 5.76 Å². The average Bonchev–Trinajstić information content (AvgIpc) is 2.50. The van der Waals surface area contributed by atoms with Crippen molar-refractivity contribution in [1.29, 1.82) is 0 Å². The minimum atomic E-state index is 0.332. The molecule has 11 heavy (non-hydrogen) atoms. The number of halogens is 1. The Morgan fingerprint density at radius 3 is 3.09 bits per heavy atom. The van der Waals surface area contributed by atoms with Gasteiger partial charge < -0.3 is 9.26 Å². The molecule has 0 radical (unpaired) electrons. The number of rotatable bonds is 3. The van der Waals surface area contributed by atoms with Gasteiger partial charge in [0.05, 0.1) is 13.0 Å². The maximum atomic E-state index is 5.51. The summed E-state index contributed by atoms with van der Waals surface area (Å²) in [5, 5.41) is 3.59. The fourth-order valence-electron chi connectivity index (χ4n) is 0.588. The molecule has 1 aromatic heterocycles. The summed E-state index contributed by atoms with van der Waals surface area (Å²) in [6.07, 6.45) is 0. The van der Waals surface area contributed by atoms with Crippen LogP contribution in [-0.2, 0) is 0 Å². The van der Waals surface area contributed by atoms with Gasteiger partial charge in [-0.2, -0.15) is 0 Å². The van der Waals surface area contributed by atoms with Gasteiger partial charge in [-0.05, 0) is 5.16 Å². The van der Waals surface area contributed by atoms with Gasteiger partial charge in [-0.15, -0.1) is 11.6 Å². The van der Waals surface area contributed by atoms with Crippen molar-refractivity contribution in [3.05, 3.63) is 18.4 Å². The summed E-state index contributed by atoms with van der Waals surface area (Å²) < 4.78 is 9.65. The van der Waals surface area contributed by atoms with Crippen LogP contribution < -0.4 is 4.74 Å². The molecular weight excluding hydrogens is 166 g/mol. The molecule has 0 fully saturated rings. The molecule has 0 aliphatic heterocycles. The van der Waals surface area contributed by atoms with Crippen LogP contribution in [0.25, 0.3) is 5.57 Å². The van der Waals surface area contributed by atoms with E-state index < -0.39 is 0 Å². The topological polar surface area (TPSA) is 35.3 Å². The summed E-state index contributed by atoms with van der Waals surface area (Å²) in [7, 11) is 1.52. The summed E-state index contributed by atoms with van der Waals surface area (Å²) in [5.41, 5.74) is 0.697. The first kappa shape index (κ1) is 8.14. The maximum absolute atomic E-state index is 5.51. The van der Waals surface area contributed by atoms with E-state index in [0.29, 0.717) is 23.1 Å². The highest BCUT2D eigenvalue weighted by molar-refractivity contribution is 6.22. The van der Waals surface area contributed by atoms with E-state index in [0.717, 1.165) is 0 Å². The van der Waals surface area contributed by atoms with Crippen LogP contribution >= 0.6 is 11.6 Å². The largest absolute Gasteiger partial charge is 0.479 e. The molecule has 1 aromatic rings. The van der Waals surface area contributed by atoms with Gasteiger partial charge in [0.2, 0.25) is 0 Å². The molecule has 0 saturated carbocycles. The predicted molar refractivity (Wildman–Crippen MR) is 42.8 cm³/mol. The third kappa shape index (κ3) is 1.74. The highest BCUT2D eigenvalue weighted by Crippen LogP contribution is 2.18. The van der Waals surface area contributed by atoms with Crippen LogP contribution in [0.2, 0.25) is 0 Å². The van der Waals surface area contributed by atoms with Gasteiger partial charge in [0.25, 0.3) is 5.88 Å². The lowest BCUT2D eigenvalue weighted by molar-refractivity contribution is 0.336. The molecule has 0 N–H and O–H groups in total. The lowest BCUT2D eigenvalue weighted by Crippen LogP contribution is -1.80. The van der Waals surface area contributed by atoms with E-state index in [-0.39, 0.29) is 0 Å². The van der Waals surface area contributed by atoms with Crippen molar-refractivity contribution in [2.45, 2.75) is 0 Å². The second-order valence-electron chi connectivity index (χ2n) is 1.97. The van der Waals surface area contributed by atoms with Crippen molar-refractivity contribution < 1.29 is 9.26 Å². The number of alkyl halides is 1. The summed E-state index contributed by atoms with van der Waals surface area (Å²) in [6.45, 7) is 3.67. The third-order valence-corrected chi connectivity index (χ3v) is 1.53. The summed E-state index contributed by atoms with van der Waals surface area (Å²) in [4.78, 5) is 0. The highest BCUT2D eigenvalue weighted by Gasteiger charge is 2.05. The first-order valence-electron chi connectivity index (χ1n) is 3.02. The third-order valence-electron chi connectivity index (χ3n) is 1.21. The molecule has 1 rings (SSSR count). The number of ether oxygens (including phenoxy) is 1. The number of nitrogens with zero attached hydrogens (tertiary/aromatic N) is 1. The SMILES string of the molecule is C=C(CCl)c1cc(OC)no1. The Bertz CT molecular complexity index is 257. The number of hydrogen-bond donors (Lipinski definition) is 0. The molecule has 0 unspecified atom stereocenters. The fourth-order valence-corrected chi connectivity index (χ4v) is 0.719. The normalized spacial score (nSPS) is 9.64. The van der Waals surface area contributed by atoms with Gasteiger partial charge in [0.1, 0.15) is 0 Å². The zero-order chi connectivity index (χ0) is 8.27. The zero-order valence-corrected chi connectivity index (χ0v) is 6.89. The molecule has 4 heteroatoms. The molecule has 0 aliphatic carbocycles. The van der Waals surface area contributed by atoms with Gasteiger partial charge in [-0.25, -0.2) is 0 Å². The van der Waals surface area contributed by atoms with Crippen LogP contribution in [0.15, 0.2) is 17.2 Å². The van der Waals surface area contributed by atoms with E-state index in [1.54, 1.807) is 6.07 Å². The maximum Gasteiger partial charge on any atom is 0.254 e. The van der Waals surface area contributed by atoms with Crippen LogP contribution in [-0.4, -0.2) is 18.1 Å². The number of aromatic nitrogens is 1. The van der Waals surface area contributed by atoms with E-state index >= 15 is 0 Å². The predicted octanol–water partition coefficient (Wildman–Crippen LogP) is 1.94. The Morgan fingerprint density at radius 1 is 1.91 bits per heavy atom. The molecular formula is C7H8ClNO2. The van der Waals surface area contributed by atoms with Crippen molar-refractivity contribution >= 4 is 17.2 Å². The lowest BCUT2D eigenvalue weighted by atomic mass is 10.3. The molecule has 60 valence electrons. The van der Waals surface area contributed by atoms with Gasteiger partial charge in [0, 0.05) is 11.6 Å². The minimum Gasteiger partial charge on any atom is -0.479 e. The zero-order valence-electron chi connectivity index (χ0n) is 6.13. The standard InChI is InChI=1S/C7H8ClNO2/c1-5(4-8)6-3-7(10-2)9-11-6/h3H,1,4H2,2H3. The van der Waals surface area contributed by atoms with E-state index in [1.165, 1.54) is 7.11 Å². The van der Waals surface area contributed by atoms with Crippen LogP contribution in [0.1, 0.15) is 5.76 Å². The Morgan fingerprint density at radius 2 is 2.64 bits per heavy atom. The molecule has 0 saturated heterocycles. The smallest absolute Gasteiger partial charge is 0.254 e. The van der Waals surface area contributed by atoms with Crippen molar-refractivity contribution in [2.75, 3.05) is 13.0 Å². The Labute approximate surface area is 69.6 Å². The summed E-state index contributed by atoms with van der Waals surface area (Å²) in [6, 6.07) is 1.64. The van der Waals surface area contributed by atoms with Crippen molar-refractivity contribution in [1.82, 2.24) is 5.16 Å².